The van der Waals surface area contributed by atoms with Crippen molar-refractivity contribution >= 4 is 30.0 Å². The maximum atomic E-state index is 9.87. The summed E-state index contributed by atoms with van der Waals surface area (Å²) in [6.07, 6.45) is 4.00. The molecule has 0 N–H and O–H groups in total. The fourth-order valence-corrected chi connectivity index (χ4v) is 1.35. The molecule has 0 aliphatic rings. The molecule has 0 aromatic rings. The van der Waals surface area contributed by atoms with E-state index in [-0.39, 0.29) is 0 Å². The number of nitrogens with zero attached hydrogens (tertiary/aromatic N) is 2. The van der Waals surface area contributed by atoms with E-state index in [1.54, 1.807) is 0 Å². The van der Waals surface area contributed by atoms with Crippen molar-refractivity contribution in [1.29, 1.82) is 0 Å². The summed E-state index contributed by atoms with van der Waals surface area (Å²) in [5.74, 6) is 0. The van der Waals surface area contributed by atoms with Crippen molar-refractivity contribution in [2.45, 2.75) is 0 Å². The molecule has 0 spiro atoms. The molecule has 0 aromatic heterocycles. The molecular formula is C7H14BrF6N2P. The first-order valence-electron chi connectivity index (χ1n) is 4.09. The van der Waals surface area contributed by atoms with E-state index >= 15 is 0 Å². The van der Waals surface area contributed by atoms with Gasteiger partial charge in [0.2, 0.25) is 0 Å². The molecule has 0 aliphatic carbocycles. The summed E-state index contributed by atoms with van der Waals surface area (Å²) < 4.78 is 62.3. The molecule has 17 heavy (non-hydrogen) atoms. The third kappa shape index (κ3) is 49.7. The predicted molar refractivity (Wildman–Crippen MR) is 62.4 cm³/mol. The van der Waals surface area contributed by atoms with Gasteiger partial charge in [0.1, 0.15) is 14.1 Å². The summed E-state index contributed by atoms with van der Waals surface area (Å²) in [5, 5.41) is 0. The molecule has 106 valence electrons. The van der Waals surface area contributed by atoms with Gasteiger partial charge >= 0.3 is 33.0 Å². The fourth-order valence-electron chi connectivity index (χ4n) is 0.527. The van der Waals surface area contributed by atoms with Crippen LogP contribution in [0.3, 0.4) is 0 Å². The molecule has 0 atom stereocenters. The molecule has 0 unspecified atom stereocenters. The Morgan fingerprint density at radius 2 is 1.35 bits per heavy atom. The Morgan fingerprint density at radius 3 is 1.53 bits per heavy atom. The maximum absolute atomic E-state index is 10.7. The first-order valence-corrected chi connectivity index (χ1v) is 6.91. The quantitative estimate of drug-likeness (QED) is 0.307. The second kappa shape index (κ2) is 5.14. The van der Waals surface area contributed by atoms with Crippen LogP contribution in [0.15, 0.2) is 10.7 Å². The Morgan fingerprint density at radius 1 is 1.06 bits per heavy atom. The first-order chi connectivity index (χ1) is 6.97. The Labute approximate surface area is 104 Å². The monoisotopic (exact) mass is 350 g/mol. The summed E-state index contributed by atoms with van der Waals surface area (Å²) >= 11 is 3.40. The third-order valence-corrected chi connectivity index (χ3v) is 1.17. The molecule has 0 fully saturated rings. The normalized spacial score (nSPS) is 16.1. The van der Waals surface area contributed by atoms with E-state index in [0.717, 1.165) is 4.48 Å². The molecule has 0 heterocycles. The molecule has 10 heteroatoms. The van der Waals surface area contributed by atoms with Crippen molar-refractivity contribution in [3.8, 4) is 0 Å². The van der Waals surface area contributed by atoms with Crippen LogP contribution >= 0.6 is 23.7 Å². The van der Waals surface area contributed by atoms with Gasteiger partial charge < -0.3 is 4.90 Å². The zero-order valence-corrected chi connectivity index (χ0v) is 12.1. The predicted octanol–water partition coefficient (Wildman–Crippen LogP) is 4.51. The average molecular weight is 351 g/mol. The van der Waals surface area contributed by atoms with Gasteiger partial charge in [-0.05, 0) is 15.9 Å². The Hall–Kier alpha value is -0.300. The van der Waals surface area contributed by atoms with Crippen LogP contribution in [0, 0.1) is 0 Å². The van der Waals surface area contributed by atoms with Gasteiger partial charge in [0.25, 0.3) is 0 Å². The first kappa shape index (κ1) is 19.0. The Kier molecular flexibility index (Phi) is 5.76. The van der Waals surface area contributed by atoms with Crippen LogP contribution in [0.2, 0.25) is 0 Å². The third-order valence-electron chi connectivity index (χ3n) is 0.763. The zero-order chi connectivity index (χ0) is 14.6. The van der Waals surface area contributed by atoms with Crippen molar-refractivity contribution in [2.75, 3.05) is 28.2 Å². The molecule has 0 aliphatic heterocycles. The summed E-state index contributed by atoms with van der Waals surface area (Å²) in [6, 6.07) is 0. The zero-order valence-electron chi connectivity index (χ0n) is 9.64. The van der Waals surface area contributed by atoms with E-state index in [1.165, 1.54) is 0 Å². The van der Waals surface area contributed by atoms with Crippen molar-refractivity contribution < 1.29 is 29.8 Å². The molecule has 0 bridgehead atoms. The Bertz CT molecular complexity index is 302. The van der Waals surface area contributed by atoms with Crippen molar-refractivity contribution in [1.82, 2.24) is 4.90 Å². The SMILES string of the molecule is CN(C)C=C(Br)C=[N+](C)C.F[P-](F)(F)(F)(F)F. The fraction of sp³-hybridized carbons (Fsp3) is 0.571. The second-order valence-electron chi connectivity index (χ2n) is 3.53. The molecule has 0 aromatic carbocycles. The summed E-state index contributed by atoms with van der Waals surface area (Å²) in [7, 11) is -2.69. The van der Waals surface area contributed by atoms with E-state index in [1.807, 2.05) is 50.1 Å². The number of hydrogen-bond donors (Lipinski definition) is 0. The second-order valence-corrected chi connectivity index (χ2v) is 6.36. The average Bonchev–Trinajstić information content (AvgIpc) is 1.72. The summed E-state index contributed by atoms with van der Waals surface area (Å²) in [6.45, 7) is 0. The van der Waals surface area contributed by atoms with Gasteiger partial charge in [-0.2, -0.15) is 0 Å². The van der Waals surface area contributed by atoms with Crippen LogP contribution in [0.5, 0.6) is 0 Å². The van der Waals surface area contributed by atoms with Crippen LogP contribution in [-0.4, -0.2) is 43.9 Å². The van der Waals surface area contributed by atoms with E-state index < -0.39 is 7.81 Å². The van der Waals surface area contributed by atoms with E-state index in [4.69, 9.17) is 0 Å². The van der Waals surface area contributed by atoms with Crippen LogP contribution in [0.25, 0.3) is 0 Å². The van der Waals surface area contributed by atoms with E-state index in [2.05, 4.69) is 15.9 Å². The number of hydrogen-bond acceptors (Lipinski definition) is 1. The van der Waals surface area contributed by atoms with Gasteiger partial charge in [0.15, 0.2) is 6.21 Å². The number of allylic oxidation sites excluding steroid dienone is 1. The minimum absolute atomic E-state index is 1.07. The van der Waals surface area contributed by atoms with Gasteiger partial charge in [0, 0.05) is 20.3 Å². The van der Waals surface area contributed by atoms with Gasteiger partial charge in [-0.25, -0.2) is 4.58 Å². The summed E-state index contributed by atoms with van der Waals surface area (Å²) in [5.41, 5.74) is 0. The topological polar surface area (TPSA) is 6.25 Å². The minimum atomic E-state index is -10.7. The summed E-state index contributed by atoms with van der Waals surface area (Å²) in [4.78, 5) is 1.99. The molecule has 0 rings (SSSR count). The Balaban J connectivity index is 0. The molecule has 0 saturated carbocycles. The van der Waals surface area contributed by atoms with Crippen molar-refractivity contribution in [3.63, 3.8) is 0 Å². The molecule has 0 amide bonds. The van der Waals surface area contributed by atoms with Crippen LogP contribution in [0.4, 0.5) is 25.2 Å². The van der Waals surface area contributed by atoms with Gasteiger partial charge in [-0.1, -0.05) is 0 Å². The van der Waals surface area contributed by atoms with Crippen molar-refractivity contribution in [2.24, 2.45) is 0 Å². The molecule has 0 radical (unpaired) electrons. The number of halogens is 7. The molecular weight excluding hydrogens is 337 g/mol. The van der Waals surface area contributed by atoms with E-state index in [0.29, 0.717) is 0 Å². The van der Waals surface area contributed by atoms with Crippen LogP contribution < -0.4 is 0 Å². The van der Waals surface area contributed by atoms with Crippen molar-refractivity contribution in [3.05, 3.63) is 10.7 Å². The van der Waals surface area contributed by atoms with Crippen LogP contribution in [-0.2, 0) is 0 Å². The van der Waals surface area contributed by atoms with Gasteiger partial charge in [-0.3, -0.25) is 0 Å². The van der Waals surface area contributed by atoms with Gasteiger partial charge in [-0.15, -0.1) is 0 Å². The molecule has 2 nitrogen and oxygen atoms in total. The van der Waals surface area contributed by atoms with Crippen LogP contribution in [0.1, 0.15) is 0 Å². The number of rotatable bonds is 2. The van der Waals surface area contributed by atoms with E-state index in [9.17, 15) is 25.2 Å². The molecule has 0 saturated heterocycles. The standard InChI is InChI=1S/C7H14BrN2.F6P/c1-9(2)5-7(8)6-10(3)4;1-7(2,3,4,5)6/h5-6H,1-4H3;/q+1;-1. The van der Waals surface area contributed by atoms with Gasteiger partial charge in [0.05, 0.1) is 4.48 Å².